The number of hydrogen-bond acceptors (Lipinski definition) is 6. The molecule has 0 fully saturated rings. The van der Waals surface area contributed by atoms with Crippen molar-refractivity contribution in [3.05, 3.63) is 88.5 Å². The molecule has 3 aromatic rings. The number of carbonyl (C=O) groups is 1. The van der Waals surface area contributed by atoms with Crippen LogP contribution >= 0.6 is 0 Å². The van der Waals surface area contributed by atoms with Crippen LogP contribution in [-0.2, 0) is 0 Å². The molecule has 3 N–H and O–H groups in total. The van der Waals surface area contributed by atoms with E-state index in [2.05, 4.69) is 5.32 Å². The summed E-state index contributed by atoms with van der Waals surface area (Å²) in [5.74, 6) is 1.21. The predicted molar refractivity (Wildman–Crippen MR) is 111 cm³/mol. The maximum Gasteiger partial charge on any atom is 0.269 e. The molecule has 3 aromatic carbocycles. The van der Waals surface area contributed by atoms with Crippen LogP contribution in [-0.4, -0.2) is 25.1 Å². The fourth-order valence-electron chi connectivity index (χ4n) is 2.22. The molecule has 0 spiro atoms. The van der Waals surface area contributed by atoms with Crippen molar-refractivity contribution in [1.82, 2.24) is 0 Å². The van der Waals surface area contributed by atoms with E-state index in [-0.39, 0.29) is 11.6 Å². The molecule has 0 radical (unpaired) electrons. The molecule has 0 unspecified atom stereocenters. The lowest BCUT2D eigenvalue weighted by atomic mass is 10.2. The summed E-state index contributed by atoms with van der Waals surface area (Å²) in [6, 6.07) is 19.6. The molecule has 0 saturated heterocycles. The molecule has 8 nitrogen and oxygen atoms in total. The molecular weight excluding hydrogens is 374 g/mol. The van der Waals surface area contributed by atoms with Crippen molar-refractivity contribution in [1.29, 1.82) is 0 Å². The van der Waals surface area contributed by atoms with Gasteiger partial charge in [0.25, 0.3) is 11.6 Å². The lowest BCUT2D eigenvalue weighted by Crippen LogP contribution is -2.11. The number of nitro groups is 1. The Hall–Kier alpha value is -4.07. The summed E-state index contributed by atoms with van der Waals surface area (Å²) in [6.07, 6.45) is 0. The SMILES string of the molecule is COc1ccc(C(=O)Nc2ccc([N+](=O)[O-])cc2)cc1.COc1ccc(N)cc1. The maximum absolute atomic E-state index is 11.9. The van der Waals surface area contributed by atoms with Gasteiger partial charge in [0.1, 0.15) is 11.5 Å². The fraction of sp³-hybridized carbons (Fsp3) is 0.0952. The van der Waals surface area contributed by atoms with Gasteiger partial charge in [0.15, 0.2) is 0 Å². The average molecular weight is 395 g/mol. The molecule has 8 heteroatoms. The highest BCUT2D eigenvalue weighted by molar-refractivity contribution is 6.04. The normalized spacial score (nSPS) is 9.59. The van der Waals surface area contributed by atoms with Gasteiger partial charge in [0.2, 0.25) is 0 Å². The number of hydrogen-bond donors (Lipinski definition) is 2. The number of non-ortho nitro benzene ring substituents is 1. The monoisotopic (exact) mass is 395 g/mol. The molecule has 0 aliphatic heterocycles. The van der Waals surface area contributed by atoms with Crippen molar-refractivity contribution < 1.29 is 19.2 Å². The number of rotatable bonds is 5. The van der Waals surface area contributed by atoms with Gasteiger partial charge in [-0.15, -0.1) is 0 Å². The number of anilines is 2. The van der Waals surface area contributed by atoms with Gasteiger partial charge in [-0.2, -0.15) is 0 Å². The van der Waals surface area contributed by atoms with Crippen LogP contribution in [0, 0.1) is 10.1 Å². The van der Waals surface area contributed by atoms with E-state index in [1.165, 1.54) is 24.3 Å². The summed E-state index contributed by atoms with van der Waals surface area (Å²) in [4.78, 5) is 22.0. The highest BCUT2D eigenvalue weighted by atomic mass is 16.6. The molecule has 0 saturated carbocycles. The van der Waals surface area contributed by atoms with E-state index in [4.69, 9.17) is 15.2 Å². The predicted octanol–water partition coefficient (Wildman–Crippen LogP) is 4.13. The summed E-state index contributed by atoms with van der Waals surface area (Å²) in [6.45, 7) is 0. The Balaban J connectivity index is 0.000000278. The molecule has 3 rings (SSSR count). The van der Waals surface area contributed by atoms with Crippen molar-refractivity contribution >= 4 is 23.0 Å². The lowest BCUT2D eigenvalue weighted by Gasteiger charge is -2.05. The third kappa shape index (κ3) is 6.55. The Morgan fingerprint density at radius 3 is 1.79 bits per heavy atom. The Kier molecular flexibility index (Phi) is 7.55. The number of benzene rings is 3. The van der Waals surface area contributed by atoms with E-state index < -0.39 is 4.92 Å². The largest absolute Gasteiger partial charge is 0.497 e. The van der Waals surface area contributed by atoms with Crippen LogP contribution in [0.1, 0.15) is 10.4 Å². The molecule has 0 heterocycles. The highest BCUT2D eigenvalue weighted by Gasteiger charge is 2.08. The standard InChI is InChI=1S/C14H12N2O4.C7H9NO/c1-20-13-8-2-10(3-9-13)14(17)15-11-4-6-12(7-5-11)16(18)19;1-9-7-4-2-6(8)3-5-7/h2-9H,1H3,(H,15,17);2-5H,8H2,1H3. The van der Waals surface area contributed by atoms with E-state index in [9.17, 15) is 14.9 Å². The Labute approximate surface area is 168 Å². The number of nitrogen functional groups attached to an aromatic ring is 1. The first kappa shape index (κ1) is 21.2. The number of methoxy groups -OCH3 is 2. The van der Waals surface area contributed by atoms with E-state index in [0.717, 1.165) is 11.4 Å². The smallest absolute Gasteiger partial charge is 0.269 e. The number of nitrogens with zero attached hydrogens (tertiary/aromatic N) is 1. The van der Waals surface area contributed by atoms with E-state index in [0.29, 0.717) is 17.0 Å². The van der Waals surface area contributed by atoms with Crippen molar-refractivity contribution in [3.63, 3.8) is 0 Å². The number of nitrogens with one attached hydrogen (secondary N) is 1. The Bertz CT molecular complexity index is 940. The second-order valence-electron chi connectivity index (χ2n) is 5.76. The topological polar surface area (TPSA) is 117 Å². The molecular formula is C21H21N3O5. The van der Waals surface area contributed by atoms with Gasteiger partial charge < -0.3 is 20.5 Å². The van der Waals surface area contributed by atoms with Crippen molar-refractivity contribution in [3.8, 4) is 11.5 Å². The van der Waals surface area contributed by atoms with Gasteiger partial charge in [-0.1, -0.05) is 0 Å². The van der Waals surface area contributed by atoms with E-state index in [1.807, 2.05) is 12.1 Å². The molecule has 0 bridgehead atoms. The second kappa shape index (κ2) is 10.3. The number of carbonyl (C=O) groups excluding carboxylic acids is 1. The third-order valence-corrected chi connectivity index (χ3v) is 3.80. The van der Waals surface area contributed by atoms with Crippen LogP contribution in [0.2, 0.25) is 0 Å². The molecule has 0 atom stereocenters. The fourth-order valence-corrected chi connectivity index (χ4v) is 2.22. The average Bonchev–Trinajstić information content (AvgIpc) is 2.75. The maximum atomic E-state index is 11.9. The van der Waals surface area contributed by atoms with Crippen LogP contribution in [0.4, 0.5) is 17.1 Å². The van der Waals surface area contributed by atoms with Crippen LogP contribution in [0.5, 0.6) is 11.5 Å². The van der Waals surface area contributed by atoms with Crippen LogP contribution in [0.15, 0.2) is 72.8 Å². The van der Waals surface area contributed by atoms with Crippen molar-refractivity contribution in [2.45, 2.75) is 0 Å². The van der Waals surface area contributed by atoms with Crippen molar-refractivity contribution in [2.24, 2.45) is 0 Å². The first-order chi connectivity index (χ1) is 13.9. The van der Waals surface area contributed by atoms with Crippen LogP contribution in [0.3, 0.4) is 0 Å². The zero-order valence-corrected chi connectivity index (χ0v) is 16.0. The number of nitro benzene ring substituents is 1. The lowest BCUT2D eigenvalue weighted by molar-refractivity contribution is -0.384. The quantitative estimate of drug-likeness (QED) is 0.381. The molecule has 29 heavy (non-hydrogen) atoms. The van der Waals surface area contributed by atoms with Crippen LogP contribution in [0.25, 0.3) is 0 Å². The summed E-state index contributed by atoms with van der Waals surface area (Å²) in [5, 5.41) is 13.2. The minimum Gasteiger partial charge on any atom is -0.497 e. The minimum atomic E-state index is -0.491. The first-order valence-corrected chi connectivity index (χ1v) is 8.52. The Morgan fingerprint density at radius 2 is 1.34 bits per heavy atom. The van der Waals surface area contributed by atoms with Crippen LogP contribution < -0.4 is 20.5 Å². The molecule has 150 valence electrons. The summed E-state index contributed by atoms with van der Waals surface area (Å²) in [5.41, 5.74) is 7.14. The van der Waals surface area contributed by atoms with Gasteiger partial charge in [0, 0.05) is 29.1 Å². The number of ether oxygens (including phenoxy) is 2. The van der Waals surface area contributed by atoms with E-state index >= 15 is 0 Å². The number of nitrogens with two attached hydrogens (primary N) is 1. The first-order valence-electron chi connectivity index (χ1n) is 8.52. The molecule has 0 aliphatic rings. The second-order valence-corrected chi connectivity index (χ2v) is 5.76. The van der Waals surface area contributed by atoms with E-state index in [1.54, 1.807) is 50.6 Å². The van der Waals surface area contributed by atoms with Gasteiger partial charge in [-0.05, 0) is 60.7 Å². The van der Waals surface area contributed by atoms with Gasteiger partial charge >= 0.3 is 0 Å². The Morgan fingerprint density at radius 1 is 0.862 bits per heavy atom. The zero-order valence-electron chi connectivity index (χ0n) is 16.0. The molecule has 0 aromatic heterocycles. The zero-order chi connectivity index (χ0) is 21.2. The van der Waals surface area contributed by atoms with Gasteiger partial charge in [-0.3, -0.25) is 14.9 Å². The summed E-state index contributed by atoms with van der Waals surface area (Å²) < 4.78 is 9.92. The minimum absolute atomic E-state index is 0.0209. The molecule has 0 aliphatic carbocycles. The molecule has 1 amide bonds. The third-order valence-electron chi connectivity index (χ3n) is 3.80. The van der Waals surface area contributed by atoms with Gasteiger partial charge in [-0.25, -0.2) is 0 Å². The van der Waals surface area contributed by atoms with Crippen molar-refractivity contribution in [2.75, 3.05) is 25.3 Å². The summed E-state index contributed by atoms with van der Waals surface area (Å²) >= 11 is 0. The highest BCUT2D eigenvalue weighted by Crippen LogP contribution is 2.17. The van der Waals surface area contributed by atoms with Gasteiger partial charge in [0.05, 0.1) is 19.1 Å². The number of amides is 1. The summed E-state index contributed by atoms with van der Waals surface area (Å²) in [7, 11) is 3.18.